The molecule has 0 radical (unpaired) electrons. The Labute approximate surface area is 122 Å². The van der Waals surface area contributed by atoms with Gasteiger partial charge in [0.25, 0.3) is 0 Å². The molecule has 0 amide bonds. The molecular formula is C15H17NO5. The van der Waals surface area contributed by atoms with Crippen LogP contribution in [0.2, 0.25) is 0 Å². The highest BCUT2D eigenvalue weighted by Crippen LogP contribution is 2.34. The summed E-state index contributed by atoms with van der Waals surface area (Å²) in [5.74, 6) is -1.03. The van der Waals surface area contributed by atoms with Crippen LogP contribution >= 0.6 is 0 Å². The number of phenols is 1. The number of phenolic OH excluding ortho intramolecular Hbond substituents is 1. The van der Waals surface area contributed by atoms with Gasteiger partial charge in [-0.05, 0) is 13.8 Å². The second kappa shape index (κ2) is 6.27. The molecule has 0 atom stereocenters. The summed E-state index contributed by atoms with van der Waals surface area (Å²) in [5, 5.41) is 18.8. The molecular weight excluding hydrogens is 274 g/mol. The number of ether oxygens (including phenoxy) is 2. The van der Waals surface area contributed by atoms with E-state index in [9.17, 15) is 14.7 Å². The zero-order valence-electron chi connectivity index (χ0n) is 12.4. The van der Waals surface area contributed by atoms with Crippen molar-refractivity contribution in [1.82, 2.24) is 0 Å². The third-order valence-electron chi connectivity index (χ3n) is 3.09. The van der Waals surface area contributed by atoms with Gasteiger partial charge >= 0.3 is 0 Å². The molecule has 0 spiro atoms. The van der Waals surface area contributed by atoms with E-state index in [1.54, 1.807) is 0 Å². The quantitative estimate of drug-likeness (QED) is 0.637. The van der Waals surface area contributed by atoms with Crippen LogP contribution in [0.1, 0.15) is 30.6 Å². The number of ketones is 2. The van der Waals surface area contributed by atoms with E-state index >= 15 is 0 Å². The lowest BCUT2D eigenvalue weighted by Crippen LogP contribution is -2.25. The van der Waals surface area contributed by atoms with Gasteiger partial charge in [0.1, 0.15) is 28.2 Å². The van der Waals surface area contributed by atoms with Gasteiger partial charge in [-0.25, -0.2) is 0 Å². The van der Waals surface area contributed by atoms with Crippen LogP contribution in [0.25, 0.3) is 0 Å². The van der Waals surface area contributed by atoms with E-state index in [0.29, 0.717) is 5.75 Å². The molecule has 0 unspecified atom stereocenters. The molecule has 0 aromatic heterocycles. The van der Waals surface area contributed by atoms with Crippen LogP contribution in [0.3, 0.4) is 0 Å². The molecule has 0 saturated carbocycles. The largest absolute Gasteiger partial charge is 0.507 e. The molecule has 0 saturated heterocycles. The predicted molar refractivity (Wildman–Crippen MR) is 74.6 cm³/mol. The Kier molecular flexibility index (Phi) is 4.93. The Morgan fingerprint density at radius 2 is 1.90 bits per heavy atom. The SMILES string of the molecule is COc1cc(O)c(C(=O)CC(=O)C(C)(C)C#N)c(OC)c1. The lowest BCUT2D eigenvalue weighted by atomic mass is 9.86. The summed E-state index contributed by atoms with van der Waals surface area (Å²) in [5.41, 5.74) is -1.36. The monoisotopic (exact) mass is 291 g/mol. The van der Waals surface area contributed by atoms with Crippen molar-refractivity contribution in [3.8, 4) is 23.3 Å². The van der Waals surface area contributed by atoms with Crippen molar-refractivity contribution in [1.29, 1.82) is 5.26 Å². The van der Waals surface area contributed by atoms with E-state index in [4.69, 9.17) is 14.7 Å². The Morgan fingerprint density at radius 1 is 1.29 bits per heavy atom. The standard InChI is InChI=1S/C15H17NO5/c1-15(2,8-16)13(19)7-11(18)14-10(17)5-9(20-3)6-12(14)21-4/h5-6,17H,7H2,1-4H3. The number of carbonyl (C=O) groups is 2. The minimum absolute atomic E-state index is 0.0969. The van der Waals surface area contributed by atoms with Crippen LogP contribution in [0.5, 0.6) is 17.2 Å². The summed E-state index contributed by atoms with van der Waals surface area (Å²) < 4.78 is 10.0. The van der Waals surface area contributed by atoms with Crippen molar-refractivity contribution in [2.75, 3.05) is 14.2 Å². The van der Waals surface area contributed by atoms with Crippen LogP contribution in [-0.4, -0.2) is 30.9 Å². The van der Waals surface area contributed by atoms with E-state index in [1.807, 2.05) is 6.07 Å². The van der Waals surface area contributed by atoms with Crippen molar-refractivity contribution in [2.45, 2.75) is 20.3 Å². The van der Waals surface area contributed by atoms with Gasteiger partial charge in [0.05, 0.1) is 26.7 Å². The fraction of sp³-hybridized carbons (Fsp3) is 0.400. The Morgan fingerprint density at radius 3 is 2.38 bits per heavy atom. The number of methoxy groups -OCH3 is 2. The van der Waals surface area contributed by atoms with Gasteiger partial charge < -0.3 is 14.6 Å². The summed E-state index contributed by atoms with van der Waals surface area (Å²) >= 11 is 0. The van der Waals surface area contributed by atoms with E-state index in [2.05, 4.69) is 0 Å². The Bertz CT molecular complexity index is 613. The molecule has 0 heterocycles. The van der Waals surface area contributed by atoms with E-state index in [-0.39, 0.29) is 17.1 Å². The third kappa shape index (κ3) is 3.51. The summed E-state index contributed by atoms with van der Waals surface area (Å²) in [7, 11) is 2.75. The zero-order chi connectivity index (χ0) is 16.2. The van der Waals surface area contributed by atoms with Crippen LogP contribution < -0.4 is 9.47 Å². The van der Waals surface area contributed by atoms with Crippen molar-refractivity contribution < 1.29 is 24.2 Å². The first-order chi connectivity index (χ1) is 9.76. The summed E-state index contributed by atoms with van der Waals surface area (Å²) in [6.07, 6.45) is -0.489. The number of rotatable bonds is 6. The highest BCUT2D eigenvalue weighted by Gasteiger charge is 2.31. The van der Waals surface area contributed by atoms with Gasteiger partial charge in [0.2, 0.25) is 0 Å². The maximum absolute atomic E-state index is 12.2. The average Bonchev–Trinajstić information content (AvgIpc) is 2.45. The number of aromatic hydroxyl groups is 1. The number of hydrogen-bond donors (Lipinski definition) is 1. The number of Topliss-reactive ketones (excluding diaryl/α,β-unsaturated/α-hetero) is 2. The minimum Gasteiger partial charge on any atom is -0.507 e. The second-order valence-electron chi connectivity index (χ2n) is 4.98. The second-order valence-corrected chi connectivity index (χ2v) is 4.98. The van der Waals surface area contributed by atoms with Crippen LogP contribution in [0, 0.1) is 16.7 Å². The zero-order valence-corrected chi connectivity index (χ0v) is 12.4. The lowest BCUT2D eigenvalue weighted by Gasteiger charge is -2.15. The normalized spacial score (nSPS) is 10.6. The maximum Gasteiger partial charge on any atom is 0.177 e. The molecule has 0 aliphatic carbocycles. The molecule has 21 heavy (non-hydrogen) atoms. The van der Waals surface area contributed by atoms with Crippen LogP contribution in [0.15, 0.2) is 12.1 Å². The van der Waals surface area contributed by atoms with E-state index in [0.717, 1.165) is 0 Å². The smallest absolute Gasteiger partial charge is 0.177 e. The molecule has 0 aliphatic rings. The first kappa shape index (κ1) is 16.5. The molecule has 0 fully saturated rings. The van der Waals surface area contributed by atoms with E-state index < -0.39 is 23.4 Å². The lowest BCUT2D eigenvalue weighted by molar-refractivity contribution is -0.123. The fourth-order valence-electron chi connectivity index (χ4n) is 1.65. The molecule has 6 nitrogen and oxygen atoms in total. The number of nitrogens with zero attached hydrogens (tertiary/aromatic N) is 1. The van der Waals surface area contributed by atoms with Crippen molar-refractivity contribution in [3.63, 3.8) is 0 Å². The molecule has 6 heteroatoms. The van der Waals surface area contributed by atoms with Crippen molar-refractivity contribution >= 4 is 11.6 Å². The van der Waals surface area contributed by atoms with Gasteiger partial charge in [0, 0.05) is 12.1 Å². The number of nitriles is 1. The molecule has 1 aromatic rings. The number of hydrogen-bond acceptors (Lipinski definition) is 6. The fourth-order valence-corrected chi connectivity index (χ4v) is 1.65. The first-order valence-electron chi connectivity index (χ1n) is 6.19. The van der Waals surface area contributed by atoms with E-state index in [1.165, 1.54) is 40.2 Å². The summed E-state index contributed by atoms with van der Waals surface area (Å²) in [6, 6.07) is 4.54. The summed E-state index contributed by atoms with van der Waals surface area (Å²) in [6.45, 7) is 2.88. The van der Waals surface area contributed by atoms with Crippen LogP contribution in [-0.2, 0) is 4.79 Å². The van der Waals surface area contributed by atoms with Crippen LogP contribution in [0.4, 0.5) is 0 Å². The topological polar surface area (TPSA) is 96.6 Å². The molecule has 1 N–H and O–H groups in total. The van der Waals surface area contributed by atoms with Gasteiger partial charge in [-0.15, -0.1) is 0 Å². The van der Waals surface area contributed by atoms with Crippen molar-refractivity contribution in [2.24, 2.45) is 5.41 Å². The average molecular weight is 291 g/mol. The predicted octanol–water partition coefficient (Wildman–Crippen LogP) is 2.10. The molecule has 0 bridgehead atoms. The summed E-state index contributed by atoms with van der Waals surface area (Å²) in [4.78, 5) is 24.1. The molecule has 112 valence electrons. The van der Waals surface area contributed by atoms with Gasteiger partial charge in [-0.1, -0.05) is 0 Å². The highest BCUT2D eigenvalue weighted by atomic mass is 16.5. The number of benzene rings is 1. The van der Waals surface area contributed by atoms with Gasteiger partial charge in [-0.3, -0.25) is 9.59 Å². The molecule has 1 rings (SSSR count). The third-order valence-corrected chi connectivity index (χ3v) is 3.09. The first-order valence-corrected chi connectivity index (χ1v) is 6.19. The highest BCUT2D eigenvalue weighted by molar-refractivity contribution is 6.12. The van der Waals surface area contributed by atoms with Gasteiger partial charge in [-0.2, -0.15) is 5.26 Å². The van der Waals surface area contributed by atoms with Gasteiger partial charge in [0.15, 0.2) is 11.6 Å². The minimum atomic E-state index is -1.26. The molecule has 0 aliphatic heterocycles. The Balaban J connectivity index is 3.14. The van der Waals surface area contributed by atoms with Crippen molar-refractivity contribution in [3.05, 3.63) is 17.7 Å². The molecule has 1 aromatic carbocycles. The number of carbonyl (C=O) groups excluding carboxylic acids is 2. The maximum atomic E-state index is 12.2. The Hall–Kier alpha value is -2.55.